The molecule has 0 radical (unpaired) electrons. The molecule has 456 valence electrons. The zero-order valence-corrected chi connectivity index (χ0v) is 46.7. The molecule has 3 fully saturated rings. The van der Waals surface area contributed by atoms with E-state index in [1.807, 2.05) is 4.90 Å². The molecule has 3 saturated heterocycles. The minimum atomic E-state index is -4.69. The van der Waals surface area contributed by atoms with Gasteiger partial charge in [-0.3, -0.25) is 32.7 Å². The van der Waals surface area contributed by atoms with Crippen LogP contribution in [0.25, 0.3) is 0 Å². The molecule has 31 heteroatoms. The standard InChI is InChI=1S/C46H91N3O26P2/c1-31-38(55)41(58)34(28-51)73-44(31)66-20-7-5-11-47(14-23-65-4)15-24-69-76(61,62)70-25-16-48(12-6-8-21-67-45-32(2)39(56)42(59)35(29-52)74-45)17-26-71-77(63,64)72-27-18-49(13-19-50)37(54)10-9-22-68-46-33(3)40(57)43(60)36(30-53)75-46/h31-36,38-46,50-53,55-60H,5-30H2,1-4H3,(H,61,62)(H,63,64)/t31?,32?,33?,34?,35?,36?,38-,39-,40-,41+,42+,43+,44-,45-,46-/m1/s1. The average Bonchev–Trinajstić information content (AvgIpc) is 3.39. The van der Waals surface area contributed by atoms with Gasteiger partial charge >= 0.3 is 15.6 Å². The van der Waals surface area contributed by atoms with Gasteiger partial charge in [0.1, 0.15) is 36.6 Å². The van der Waals surface area contributed by atoms with Crippen molar-refractivity contribution in [3.05, 3.63) is 0 Å². The Bertz CT molecular complexity index is 1690. The highest BCUT2D eigenvalue weighted by Gasteiger charge is 2.44. The summed E-state index contributed by atoms with van der Waals surface area (Å²) < 4.78 is 86.1. The van der Waals surface area contributed by atoms with Crippen molar-refractivity contribution in [3.63, 3.8) is 0 Å². The molecule has 0 aliphatic carbocycles. The first-order valence-electron chi connectivity index (χ1n) is 26.4. The van der Waals surface area contributed by atoms with Crippen molar-refractivity contribution in [1.82, 2.24) is 14.7 Å². The van der Waals surface area contributed by atoms with Crippen LogP contribution in [0.1, 0.15) is 59.3 Å². The molecular formula is C46H91N3O26P2. The molecule has 3 aliphatic heterocycles. The predicted octanol–water partition coefficient (Wildman–Crippen LogP) is -3.06. The normalized spacial score (nSPS) is 31.6. The van der Waals surface area contributed by atoms with E-state index in [1.165, 1.54) is 4.90 Å². The van der Waals surface area contributed by atoms with E-state index >= 15 is 0 Å². The number of hydrogen-bond donors (Lipinski definition) is 12. The fourth-order valence-electron chi connectivity index (χ4n) is 8.66. The molecule has 1 amide bonds. The summed E-state index contributed by atoms with van der Waals surface area (Å²) in [4.78, 5) is 39.0. The van der Waals surface area contributed by atoms with Crippen molar-refractivity contribution in [1.29, 1.82) is 0 Å². The summed E-state index contributed by atoms with van der Waals surface area (Å²) in [6.07, 6.45) is -10.7. The Kier molecular flexibility index (Phi) is 33.9. The maximum absolute atomic E-state index is 13.0. The van der Waals surface area contributed by atoms with Crippen LogP contribution in [0.3, 0.4) is 0 Å². The number of carbonyl (C=O) groups is 1. The second-order valence-electron chi connectivity index (χ2n) is 19.4. The van der Waals surface area contributed by atoms with E-state index in [1.54, 1.807) is 32.8 Å². The summed E-state index contributed by atoms with van der Waals surface area (Å²) in [6, 6.07) is 0. The fourth-order valence-corrected chi connectivity index (χ4v) is 10.1. The number of aliphatic hydroxyl groups is 10. The van der Waals surface area contributed by atoms with Crippen LogP contribution in [0.5, 0.6) is 0 Å². The Morgan fingerprint density at radius 1 is 0.455 bits per heavy atom. The quantitative estimate of drug-likeness (QED) is 0.0214. The number of nitrogens with zero attached hydrogens (tertiary/aromatic N) is 3. The van der Waals surface area contributed by atoms with Crippen LogP contribution >= 0.6 is 15.6 Å². The number of aliphatic hydroxyl groups excluding tert-OH is 10. The number of methoxy groups -OCH3 is 1. The van der Waals surface area contributed by atoms with Gasteiger partial charge in [0.25, 0.3) is 0 Å². The van der Waals surface area contributed by atoms with Crippen molar-refractivity contribution >= 4 is 21.6 Å². The molecule has 77 heavy (non-hydrogen) atoms. The van der Waals surface area contributed by atoms with E-state index in [2.05, 4.69) is 0 Å². The van der Waals surface area contributed by atoms with Crippen LogP contribution in [0, 0.1) is 17.8 Å². The molecular weight excluding hydrogens is 1070 g/mol. The van der Waals surface area contributed by atoms with Gasteiger partial charge in [-0.05, 0) is 45.2 Å². The lowest BCUT2D eigenvalue weighted by Crippen LogP contribution is -2.55. The van der Waals surface area contributed by atoms with Gasteiger partial charge in [0, 0.05) is 83.8 Å². The maximum atomic E-state index is 13.0. The summed E-state index contributed by atoms with van der Waals surface area (Å²) in [5, 5.41) is 99.3. The van der Waals surface area contributed by atoms with Gasteiger partial charge in [-0.2, -0.15) is 0 Å². The van der Waals surface area contributed by atoms with Gasteiger partial charge in [0.2, 0.25) is 5.91 Å². The van der Waals surface area contributed by atoms with Crippen LogP contribution in [-0.4, -0.2) is 294 Å². The highest BCUT2D eigenvalue weighted by molar-refractivity contribution is 7.47. The number of rotatable bonds is 41. The first-order chi connectivity index (χ1) is 36.6. The largest absolute Gasteiger partial charge is 0.472 e. The van der Waals surface area contributed by atoms with Crippen LogP contribution in [0.4, 0.5) is 0 Å². The molecule has 0 saturated carbocycles. The third-order valence-corrected chi connectivity index (χ3v) is 15.7. The molecule has 0 aromatic heterocycles. The summed E-state index contributed by atoms with van der Waals surface area (Å²) in [5.41, 5.74) is 0. The number of carbonyl (C=O) groups excluding carboxylic acids is 1. The number of ether oxygens (including phenoxy) is 7. The van der Waals surface area contributed by atoms with Gasteiger partial charge in [-0.1, -0.05) is 20.8 Å². The molecule has 3 rings (SSSR count). The van der Waals surface area contributed by atoms with E-state index in [-0.39, 0.29) is 85.2 Å². The number of phosphoric acid groups is 2. The van der Waals surface area contributed by atoms with Crippen molar-refractivity contribution in [2.45, 2.75) is 133 Å². The molecule has 0 aromatic rings. The van der Waals surface area contributed by atoms with Crippen molar-refractivity contribution in [2.24, 2.45) is 17.8 Å². The van der Waals surface area contributed by atoms with E-state index in [0.29, 0.717) is 51.9 Å². The monoisotopic (exact) mass is 1160 g/mol. The minimum Gasteiger partial charge on any atom is -0.395 e. The molecule has 8 unspecified atom stereocenters. The SMILES string of the molecule is COCCN(CCCCO[C@@H]1OC(CO)[C@H](O)[C@H](O)C1C)CCOP(=O)(O)OCCN(CCCCO[C@@H]1OC(CO)[C@H](O)[C@H](O)C1C)CCOP(=O)(O)OCCN(CCO)C(=O)CCCO[C@@H]1OC(CO)[C@H](O)[C@H](O)C1C. The summed E-state index contributed by atoms with van der Waals surface area (Å²) in [5.74, 6) is -2.16. The van der Waals surface area contributed by atoms with Crippen LogP contribution < -0.4 is 0 Å². The lowest BCUT2D eigenvalue weighted by molar-refractivity contribution is -0.282. The molecule has 0 aromatic carbocycles. The summed E-state index contributed by atoms with van der Waals surface area (Å²) in [6.45, 7) is 3.94. The second kappa shape index (κ2) is 37.2. The molecule has 0 spiro atoms. The van der Waals surface area contributed by atoms with Crippen LogP contribution in [-0.2, 0) is 65.2 Å². The van der Waals surface area contributed by atoms with Gasteiger partial charge in [-0.25, -0.2) is 9.13 Å². The molecule has 29 nitrogen and oxygen atoms in total. The van der Waals surface area contributed by atoms with Crippen molar-refractivity contribution in [2.75, 3.05) is 139 Å². The Balaban J connectivity index is 1.47. The zero-order valence-electron chi connectivity index (χ0n) is 44.9. The number of unbranched alkanes of at least 4 members (excludes halogenated alkanes) is 2. The summed E-state index contributed by atoms with van der Waals surface area (Å²) >= 11 is 0. The van der Waals surface area contributed by atoms with Crippen LogP contribution in [0.2, 0.25) is 0 Å². The Labute approximate surface area is 450 Å². The minimum absolute atomic E-state index is 0.0161. The first-order valence-corrected chi connectivity index (χ1v) is 29.4. The van der Waals surface area contributed by atoms with E-state index < -0.39 is 146 Å². The van der Waals surface area contributed by atoms with E-state index in [4.69, 9.17) is 51.3 Å². The lowest BCUT2D eigenvalue weighted by atomic mass is 9.92. The van der Waals surface area contributed by atoms with Crippen LogP contribution in [0.15, 0.2) is 0 Å². The third kappa shape index (κ3) is 24.7. The Hall–Kier alpha value is -1.07. The number of amides is 1. The maximum Gasteiger partial charge on any atom is 0.472 e. The molecule has 3 heterocycles. The fraction of sp³-hybridized carbons (Fsp3) is 0.978. The second-order valence-corrected chi connectivity index (χ2v) is 22.3. The average molecular weight is 1160 g/mol. The van der Waals surface area contributed by atoms with E-state index in [9.17, 15) is 74.8 Å². The smallest absolute Gasteiger partial charge is 0.395 e. The van der Waals surface area contributed by atoms with E-state index in [0.717, 1.165) is 0 Å². The topological polar surface area (TPSA) is 405 Å². The van der Waals surface area contributed by atoms with Gasteiger partial charge in [-0.15, -0.1) is 0 Å². The van der Waals surface area contributed by atoms with Crippen molar-refractivity contribution in [3.8, 4) is 0 Å². The molecule has 17 atom stereocenters. The molecule has 12 N–H and O–H groups in total. The third-order valence-electron chi connectivity index (χ3n) is 13.6. The highest BCUT2D eigenvalue weighted by Crippen LogP contribution is 2.44. The van der Waals surface area contributed by atoms with Crippen molar-refractivity contribution < 1.29 is 126 Å². The molecule has 3 aliphatic rings. The Morgan fingerprint density at radius 3 is 1.13 bits per heavy atom. The zero-order chi connectivity index (χ0) is 57.1. The predicted molar refractivity (Wildman–Crippen MR) is 268 cm³/mol. The highest BCUT2D eigenvalue weighted by atomic mass is 31.2. The summed E-state index contributed by atoms with van der Waals surface area (Å²) in [7, 11) is -7.72. The Morgan fingerprint density at radius 2 is 0.792 bits per heavy atom. The number of phosphoric ester groups is 2. The number of hydrogen-bond acceptors (Lipinski definition) is 26. The lowest BCUT2D eigenvalue weighted by Gasteiger charge is -2.40. The molecule has 0 bridgehead atoms. The first kappa shape index (κ1) is 70.2. The van der Waals surface area contributed by atoms with Gasteiger partial charge in [0.05, 0.1) is 84.4 Å². The van der Waals surface area contributed by atoms with Gasteiger partial charge in [0.15, 0.2) is 18.9 Å². The van der Waals surface area contributed by atoms with Gasteiger partial charge < -0.3 is 98.9 Å².